The van der Waals surface area contributed by atoms with Gasteiger partial charge in [-0.15, -0.1) is 0 Å². The highest BCUT2D eigenvalue weighted by atomic mass is 16.7. The molecular weight excluding hydrogens is 442 g/mol. The lowest BCUT2D eigenvalue weighted by molar-refractivity contribution is -0.184. The van der Waals surface area contributed by atoms with Gasteiger partial charge in [-0.2, -0.15) is 0 Å². The Morgan fingerprint density at radius 2 is 1.80 bits per heavy atom. The standard InChI is InChI=1S/C29H35NO5/c1-5-30(6-2)19(3)12-13-22-20(4)35-28-24(26(22)23-11-8-7-10-21(23)18-31)14-15-25(32)27(28)29-33-16-9-17-34-29/h7-8,10-15,26,29,31-32H,3,5-6,9,16-18H2,1-2,4H3/b13-12-. The Kier molecular flexibility index (Phi) is 7.96. The van der Waals surface area contributed by atoms with E-state index < -0.39 is 6.29 Å². The molecule has 1 saturated heterocycles. The average Bonchev–Trinajstić information content (AvgIpc) is 2.88. The number of aliphatic hydroxyl groups is 1. The van der Waals surface area contributed by atoms with E-state index in [4.69, 9.17) is 14.2 Å². The number of hydrogen-bond donors (Lipinski definition) is 2. The second kappa shape index (κ2) is 11.1. The van der Waals surface area contributed by atoms with Crippen LogP contribution < -0.4 is 4.74 Å². The summed E-state index contributed by atoms with van der Waals surface area (Å²) < 4.78 is 18.1. The largest absolute Gasteiger partial charge is 0.507 e. The number of rotatable bonds is 8. The molecule has 2 aliphatic heterocycles. The molecule has 6 heteroatoms. The van der Waals surface area contributed by atoms with Gasteiger partial charge in [0.2, 0.25) is 0 Å². The monoisotopic (exact) mass is 477 g/mol. The van der Waals surface area contributed by atoms with Crippen LogP contribution in [0.3, 0.4) is 0 Å². The van der Waals surface area contributed by atoms with Crippen LogP contribution in [0.5, 0.6) is 11.5 Å². The average molecular weight is 478 g/mol. The zero-order valence-corrected chi connectivity index (χ0v) is 20.8. The van der Waals surface area contributed by atoms with Gasteiger partial charge < -0.3 is 29.3 Å². The molecule has 2 heterocycles. The van der Waals surface area contributed by atoms with E-state index in [-0.39, 0.29) is 18.3 Å². The van der Waals surface area contributed by atoms with Crippen LogP contribution in [0.4, 0.5) is 0 Å². The Morgan fingerprint density at radius 1 is 1.09 bits per heavy atom. The number of phenolic OH excluding ortho intramolecular Hbond substituents is 1. The van der Waals surface area contributed by atoms with Gasteiger partial charge in [0.1, 0.15) is 17.3 Å². The van der Waals surface area contributed by atoms with Crippen molar-refractivity contribution < 1.29 is 24.4 Å². The molecule has 1 atom stereocenters. The summed E-state index contributed by atoms with van der Waals surface area (Å²) in [4.78, 5) is 2.19. The Bertz CT molecular complexity index is 1130. The van der Waals surface area contributed by atoms with Crippen molar-refractivity contribution in [2.24, 2.45) is 0 Å². The molecule has 186 valence electrons. The van der Waals surface area contributed by atoms with E-state index in [9.17, 15) is 10.2 Å². The molecule has 6 nitrogen and oxygen atoms in total. The maximum atomic E-state index is 10.8. The fraction of sp³-hybridized carbons (Fsp3) is 0.379. The van der Waals surface area contributed by atoms with Crippen molar-refractivity contribution in [3.63, 3.8) is 0 Å². The zero-order chi connectivity index (χ0) is 24.9. The minimum atomic E-state index is -0.695. The number of hydrogen-bond acceptors (Lipinski definition) is 6. The Morgan fingerprint density at radius 3 is 2.49 bits per heavy atom. The predicted octanol–water partition coefficient (Wildman–Crippen LogP) is 5.53. The molecular formula is C29H35NO5. The fourth-order valence-corrected chi connectivity index (χ4v) is 4.84. The second-order valence-corrected chi connectivity index (χ2v) is 8.74. The Balaban J connectivity index is 1.87. The van der Waals surface area contributed by atoms with E-state index in [1.54, 1.807) is 6.07 Å². The van der Waals surface area contributed by atoms with Crippen LogP contribution in [0.25, 0.3) is 0 Å². The summed E-state index contributed by atoms with van der Waals surface area (Å²) >= 11 is 0. The van der Waals surface area contributed by atoms with Crippen molar-refractivity contribution >= 4 is 0 Å². The summed E-state index contributed by atoms with van der Waals surface area (Å²) in [5.41, 5.74) is 5.10. The van der Waals surface area contributed by atoms with Crippen molar-refractivity contribution in [2.45, 2.75) is 46.0 Å². The summed E-state index contributed by atoms with van der Waals surface area (Å²) in [6.45, 7) is 13.2. The SMILES string of the molecule is C=C(/C=C\C1=C(C)Oc2c(ccc(O)c2C2OCCCO2)C1c1ccccc1CO)N(CC)CC. The van der Waals surface area contributed by atoms with Gasteiger partial charge in [0.25, 0.3) is 0 Å². The molecule has 0 bridgehead atoms. The topological polar surface area (TPSA) is 71.4 Å². The number of nitrogens with zero attached hydrogens (tertiary/aromatic N) is 1. The molecule has 1 fully saturated rings. The van der Waals surface area contributed by atoms with Crippen molar-refractivity contribution in [3.8, 4) is 11.5 Å². The summed E-state index contributed by atoms with van der Waals surface area (Å²) in [5.74, 6) is 1.12. The van der Waals surface area contributed by atoms with E-state index in [1.165, 1.54) is 0 Å². The van der Waals surface area contributed by atoms with E-state index in [0.717, 1.165) is 47.5 Å². The van der Waals surface area contributed by atoms with Crippen LogP contribution in [0.2, 0.25) is 0 Å². The number of aromatic hydroxyl groups is 1. The van der Waals surface area contributed by atoms with Gasteiger partial charge in [-0.25, -0.2) is 0 Å². The number of likely N-dealkylation sites (N-methyl/N-ethyl adjacent to an activating group) is 1. The number of aliphatic hydroxyl groups excluding tert-OH is 1. The highest BCUT2D eigenvalue weighted by Gasteiger charge is 2.35. The van der Waals surface area contributed by atoms with Gasteiger partial charge in [-0.1, -0.05) is 43.0 Å². The third-order valence-electron chi connectivity index (χ3n) is 6.71. The third-order valence-corrected chi connectivity index (χ3v) is 6.71. The van der Waals surface area contributed by atoms with Gasteiger partial charge in [0.05, 0.1) is 25.4 Å². The van der Waals surface area contributed by atoms with Crippen LogP contribution in [-0.4, -0.2) is 41.4 Å². The van der Waals surface area contributed by atoms with Crippen molar-refractivity contribution in [1.29, 1.82) is 0 Å². The first kappa shape index (κ1) is 25.0. The molecule has 35 heavy (non-hydrogen) atoms. The fourth-order valence-electron chi connectivity index (χ4n) is 4.84. The molecule has 2 N–H and O–H groups in total. The van der Waals surface area contributed by atoms with Crippen LogP contribution in [-0.2, 0) is 16.1 Å². The van der Waals surface area contributed by atoms with E-state index in [0.29, 0.717) is 30.3 Å². The van der Waals surface area contributed by atoms with Gasteiger partial charge in [-0.05, 0) is 50.5 Å². The Hall–Kier alpha value is -3.06. The number of ether oxygens (including phenoxy) is 3. The molecule has 0 aromatic heterocycles. The summed E-state index contributed by atoms with van der Waals surface area (Å²) in [6.07, 6.45) is 4.19. The Labute approximate surface area is 207 Å². The van der Waals surface area contributed by atoms with Crippen molar-refractivity contribution in [3.05, 3.63) is 94.4 Å². The zero-order valence-electron chi connectivity index (χ0n) is 20.8. The molecule has 0 radical (unpaired) electrons. The van der Waals surface area contributed by atoms with Crippen LogP contribution in [0.1, 0.15) is 61.7 Å². The van der Waals surface area contributed by atoms with E-state index in [1.807, 2.05) is 43.3 Å². The first-order valence-corrected chi connectivity index (χ1v) is 12.3. The lowest BCUT2D eigenvalue weighted by Crippen LogP contribution is -2.22. The first-order chi connectivity index (χ1) is 17.0. The molecule has 2 aliphatic rings. The van der Waals surface area contributed by atoms with Crippen LogP contribution >= 0.6 is 0 Å². The van der Waals surface area contributed by atoms with Crippen LogP contribution in [0, 0.1) is 0 Å². The minimum absolute atomic E-state index is 0.0755. The van der Waals surface area contributed by atoms with E-state index in [2.05, 4.69) is 31.4 Å². The summed E-state index contributed by atoms with van der Waals surface area (Å²) in [7, 11) is 0. The molecule has 2 aromatic carbocycles. The maximum Gasteiger partial charge on any atom is 0.190 e. The number of benzene rings is 2. The smallest absolute Gasteiger partial charge is 0.190 e. The number of allylic oxidation sites excluding steroid dienone is 4. The second-order valence-electron chi connectivity index (χ2n) is 8.74. The normalized spacial score (nSPS) is 18.5. The van der Waals surface area contributed by atoms with Gasteiger partial charge in [0, 0.05) is 35.8 Å². The van der Waals surface area contributed by atoms with Crippen molar-refractivity contribution in [1.82, 2.24) is 4.90 Å². The minimum Gasteiger partial charge on any atom is -0.507 e. The summed E-state index contributed by atoms with van der Waals surface area (Å²) in [6, 6.07) is 11.4. The summed E-state index contributed by atoms with van der Waals surface area (Å²) in [5, 5.41) is 20.9. The lowest BCUT2D eigenvalue weighted by atomic mass is 9.79. The first-order valence-electron chi connectivity index (χ1n) is 12.3. The maximum absolute atomic E-state index is 10.8. The molecule has 0 spiro atoms. The highest BCUT2D eigenvalue weighted by Crippen LogP contribution is 2.50. The van der Waals surface area contributed by atoms with E-state index >= 15 is 0 Å². The molecule has 4 rings (SSSR count). The van der Waals surface area contributed by atoms with Crippen molar-refractivity contribution in [2.75, 3.05) is 26.3 Å². The van der Waals surface area contributed by atoms with Crippen LogP contribution in [0.15, 0.2) is 72.2 Å². The number of phenols is 1. The molecule has 0 aliphatic carbocycles. The third kappa shape index (κ3) is 5.01. The van der Waals surface area contributed by atoms with Gasteiger partial charge >= 0.3 is 0 Å². The molecule has 1 unspecified atom stereocenters. The number of fused-ring (bicyclic) bond motifs is 1. The van der Waals surface area contributed by atoms with Gasteiger partial charge in [-0.3, -0.25) is 0 Å². The predicted molar refractivity (Wildman–Crippen MR) is 136 cm³/mol. The molecule has 0 amide bonds. The lowest BCUT2D eigenvalue weighted by Gasteiger charge is -2.34. The molecule has 0 saturated carbocycles. The highest BCUT2D eigenvalue weighted by molar-refractivity contribution is 5.61. The quantitative estimate of drug-likeness (QED) is 0.487. The van der Waals surface area contributed by atoms with Gasteiger partial charge in [0.15, 0.2) is 6.29 Å². The molecule has 2 aromatic rings.